The van der Waals surface area contributed by atoms with Crippen molar-refractivity contribution in [1.29, 1.82) is 0 Å². The molecule has 0 bridgehead atoms. The molecule has 0 unspecified atom stereocenters. The van der Waals surface area contributed by atoms with Crippen molar-refractivity contribution in [3.05, 3.63) is 55.1 Å². The van der Waals surface area contributed by atoms with Gasteiger partial charge in [-0.2, -0.15) is 0 Å². The summed E-state index contributed by atoms with van der Waals surface area (Å²) in [5.74, 6) is 0. The molecule has 3 heterocycles. The highest BCUT2D eigenvalue weighted by Gasteiger charge is 2.00. The lowest BCUT2D eigenvalue weighted by molar-refractivity contribution is 1.31. The molecule has 0 aromatic carbocycles. The van der Waals surface area contributed by atoms with Crippen LogP contribution in [0.4, 0.5) is 0 Å². The van der Waals surface area contributed by atoms with Gasteiger partial charge in [0.25, 0.3) is 0 Å². The van der Waals surface area contributed by atoms with Crippen LogP contribution in [0.1, 0.15) is 0 Å². The molecule has 3 aromatic heterocycles. The van der Waals surface area contributed by atoms with E-state index >= 15 is 0 Å². The van der Waals surface area contributed by atoms with Crippen LogP contribution in [0.2, 0.25) is 0 Å². The summed E-state index contributed by atoms with van der Waals surface area (Å²) in [6.07, 6.45) is 7.19. The average molecular weight is 207 g/mol. The molecule has 0 saturated heterocycles. The number of fused-ring (bicyclic) bond motifs is 1. The van der Waals surface area contributed by atoms with Crippen LogP contribution in [0.25, 0.3) is 22.2 Å². The first-order valence-electron chi connectivity index (χ1n) is 5.05. The minimum absolute atomic E-state index is 0.914. The van der Waals surface area contributed by atoms with Crippen LogP contribution in [0.15, 0.2) is 55.1 Å². The first kappa shape index (κ1) is 8.97. The van der Waals surface area contributed by atoms with Crippen LogP contribution >= 0.6 is 0 Å². The topological polar surface area (TPSA) is 38.7 Å². The summed E-state index contributed by atoms with van der Waals surface area (Å²) >= 11 is 0. The highest BCUT2D eigenvalue weighted by molar-refractivity contribution is 5.79. The van der Waals surface area contributed by atoms with Crippen molar-refractivity contribution in [3.8, 4) is 11.1 Å². The zero-order valence-corrected chi connectivity index (χ0v) is 8.54. The lowest BCUT2D eigenvalue weighted by atomic mass is 10.1. The molecule has 3 nitrogen and oxygen atoms in total. The third kappa shape index (κ3) is 1.52. The van der Waals surface area contributed by atoms with Gasteiger partial charge >= 0.3 is 0 Å². The van der Waals surface area contributed by atoms with Gasteiger partial charge in [0, 0.05) is 30.4 Å². The van der Waals surface area contributed by atoms with Crippen LogP contribution < -0.4 is 0 Å². The highest BCUT2D eigenvalue weighted by atomic mass is 14.7. The molecule has 0 atom stereocenters. The van der Waals surface area contributed by atoms with Gasteiger partial charge in [-0.15, -0.1) is 0 Å². The summed E-state index contributed by atoms with van der Waals surface area (Å²) in [6.45, 7) is 0. The van der Waals surface area contributed by atoms with E-state index < -0.39 is 0 Å². The van der Waals surface area contributed by atoms with Gasteiger partial charge in [0.2, 0.25) is 0 Å². The summed E-state index contributed by atoms with van der Waals surface area (Å²) in [5.41, 5.74) is 4.00. The molecule has 3 aromatic rings. The molecular weight excluding hydrogens is 198 g/mol. The van der Waals surface area contributed by atoms with E-state index in [0.717, 1.165) is 22.2 Å². The second kappa shape index (κ2) is 3.70. The van der Waals surface area contributed by atoms with Gasteiger partial charge < -0.3 is 0 Å². The first-order chi connectivity index (χ1) is 7.93. The molecular formula is C13H9N3. The molecule has 0 fully saturated rings. The van der Waals surface area contributed by atoms with Gasteiger partial charge in [-0.1, -0.05) is 0 Å². The molecule has 0 aliphatic rings. The molecule has 0 N–H and O–H groups in total. The quantitative estimate of drug-likeness (QED) is 0.615. The van der Waals surface area contributed by atoms with Gasteiger partial charge in [0.05, 0.1) is 11.0 Å². The number of nitrogens with zero attached hydrogens (tertiary/aromatic N) is 3. The summed E-state index contributed by atoms with van der Waals surface area (Å²) in [7, 11) is 0. The van der Waals surface area contributed by atoms with Crippen LogP contribution in [0.5, 0.6) is 0 Å². The summed E-state index contributed by atoms with van der Waals surface area (Å²) < 4.78 is 0. The van der Waals surface area contributed by atoms with E-state index in [2.05, 4.69) is 15.0 Å². The standard InChI is InChI=1S/C13H9N3/c1-2-12-13(15-5-1)8-11(9-16-12)10-3-6-14-7-4-10/h1-9H. The van der Waals surface area contributed by atoms with Crippen LogP contribution in [0, 0.1) is 0 Å². The Morgan fingerprint density at radius 2 is 1.62 bits per heavy atom. The number of pyridine rings is 3. The van der Waals surface area contributed by atoms with Gasteiger partial charge in [-0.05, 0) is 35.9 Å². The fourth-order valence-corrected chi connectivity index (χ4v) is 1.66. The lowest BCUT2D eigenvalue weighted by Crippen LogP contribution is -1.85. The zero-order chi connectivity index (χ0) is 10.8. The van der Waals surface area contributed by atoms with Gasteiger partial charge in [-0.3, -0.25) is 15.0 Å². The normalized spacial score (nSPS) is 10.5. The molecule has 0 aliphatic heterocycles. The minimum Gasteiger partial charge on any atom is -0.265 e. The molecule has 0 amide bonds. The Morgan fingerprint density at radius 3 is 2.50 bits per heavy atom. The van der Waals surface area contributed by atoms with Crippen molar-refractivity contribution in [2.75, 3.05) is 0 Å². The third-order valence-corrected chi connectivity index (χ3v) is 2.46. The lowest BCUT2D eigenvalue weighted by Gasteiger charge is -2.01. The number of hydrogen-bond acceptors (Lipinski definition) is 3. The van der Waals surface area contributed by atoms with Crippen molar-refractivity contribution < 1.29 is 0 Å². The van der Waals surface area contributed by atoms with E-state index in [9.17, 15) is 0 Å². The maximum Gasteiger partial charge on any atom is 0.0892 e. The Bertz CT molecular complexity index is 620. The second-order valence-corrected chi connectivity index (χ2v) is 3.50. The fraction of sp³-hybridized carbons (Fsp3) is 0. The SMILES string of the molecule is c1cnc2cc(-c3ccncc3)cnc2c1. The van der Waals surface area contributed by atoms with Crippen molar-refractivity contribution in [3.63, 3.8) is 0 Å². The summed E-state index contributed by atoms with van der Waals surface area (Å²) in [5, 5.41) is 0. The largest absolute Gasteiger partial charge is 0.265 e. The van der Waals surface area contributed by atoms with Crippen LogP contribution in [-0.4, -0.2) is 15.0 Å². The maximum atomic E-state index is 4.37. The van der Waals surface area contributed by atoms with E-state index in [-0.39, 0.29) is 0 Å². The predicted octanol–water partition coefficient (Wildman–Crippen LogP) is 2.69. The van der Waals surface area contributed by atoms with E-state index in [1.54, 1.807) is 18.6 Å². The molecule has 3 heteroatoms. The number of rotatable bonds is 1. The average Bonchev–Trinajstić information content (AvgIpc) is 2.39. The van der Waals surface area contributed by atoms with E-state index in [4.69, 9.17) is 0 Å². The number of hydrogen-bond donors (Lipinski definition) is 0. The highest BCUT2D eigenvalue weighted by Crippen LogP contribution is 2.20. The van der Waals surface area contributed by atoms with E-state index in [0.29, 0.717) is 0 Å². The molecule has 0 radical (unpaired) electrons. The maximum absolute atomic E-state index is 4.37. The second-order valence-electron chi connectivity index (χ2n) is 3.50. The number of aromatic nitrogens is 3. The summed E-state index contributed by atoms with van der Waals surface area (Å²) in [6, 6.07) is 9.81. The van der Waals surface area contributed by atoms with Crippen molar-refractivity contribution in [2.45, 2.75) is 0 Å². The molecule has 3 rings (SSSR count). The van der Waals surface area contributed by atoms with E-state index in [1.165, 1.54) is 0 Å². The minimum atomic E-state index is 0.914. The van der Waals surface area contributed by atoms with Crippen LogP contribution in [0.3, 0.4) is 0 Å². The molecule has 0 spiro atoms. The first-order valence-corrected chi connectivity index (χ1v) is 5.05. The monoisotopic (exact) mass is 207 g/mol. The Balaban J connectivity index is 2.19. The molecule has 76 valence electrons. The molecule has 0 aliphatic carbocycles. The van der Waals surface area contributed by atoms with Crippen LogP contribution in [-0.2, 0) is 0 Å². The predicted molar refractivity (Wildman–Crippen MR) is 62.8 cm³/mol. The van der Waals surface area contributed by atoms with Crippen molar-refractivity contribution in [2.24, 2.45) is 0 Å². The zero-order valence-electron chi connectivity index (χ0n) is 8.54. The summed E-state index contributed by atoms with van der Waals surface area (Å²) in [4.78, 5) is 12.7. The van der Waals surface area contributed by atoms with Crippen molar-refractivity contribution in [1.82, 2.24) is 15.0 Å². The Kier molecular flexibility index (Phi) is 2.07. The molecule has 0 saturated carbocycles. The van der Waals surface area contributed by atoms with Gasteiger partial charge in [0.15, 0.2) is 0 Å². The van der Waals surface area contributed by atoms with E-state index in [1.807, 2.05) is 36.5 Å². The van der Waals surface area contributed by atoms with Crippen molar-refractivity contribution >= 4 is 11.0 Å². The molecule has 16 heavy (non-hydrogen) atoms. The van der Waals surface area contributed by atoms with Gasteiger partial charge in [-0.25, -0.2) is 0 Å². The fourth-order valence-electron chi connectivity index (χ4n) is 1.66. The Labute approximate surface area is 92.8 Å². The third-order valence-electron chi connectivity index (χ3n) is 2.46. The Morgan fingerprint density at radius 1 is 0.750 bits per heavy atom. The van der Waals surface area contributed by atoms with Gasteiger partial charge in [0.1, 0.15) is 0 Å². The smallest absolute Gasteiger partial charge is 0.0892 e. The Hall–Kier alpha value is -2.29.